The highest BCUT2D eigenvalue weighted by molar-refractivity contribution is 5.85. The van der Waals surface area contributed by atoms with Gasteiger partial charge >= 0.3 is 5.97 Å². The lowest BCUT2D eigenvalue weighted by atomic mass is 9.92. The van der Waals surface area contributed by atoms with Crippen molar-refractivity contribution < 1.29 is 34.8 Å². The van der Waals surface area contributed by atoms with Gasteiger partial charge in [-0.1, -0.05) is 0 Å². The predicted octanol–water partition coefficient (Wildman–Crippen LogP) is -2.68. The molecule has 9 nitrogen and oxygen atoms in total. The summed E-state index contributed by atoms with van der Waals surface area (Å²) in [4.78, 5) is 22.0. The third kappa shape index (κ3) is 4.83. The maximum atomic E-state index is 11.1. The first-order valence-corrected chi connectivity index (χ1v) is 5.89. The fourth-order valence-electron chi connectivity index (χ4n) is 1.90. The number of nitrogens with one attached hydrogen (secondary N) is 1. The van der Waals surface area contributed by atoms with Crippen LogP contribution in [0.1, 0.15) is 6.92 Å². The van der Waals surface area contributed by atoms with Crippen LogP contribution in [0.4, 0.5) is 0 Å². The standard InChI is InChI=1S/C11H18N2O7.ClH/c1-4(15)13-8-5(12)2-7(11(18)19)20-10(8)9(17)6(16)3-14;/h2,5-6,8-10,14,16-17H,3,12H2,1H3,(H,13,15)(H,18,19);1H/t5-,6+,8+,9+,10+;/m0./s1. The van der Waals surface area contributed by atoms with Crippen molar-refractivity contribution in [3.8, 4) is 0 Å². The van der Waals surface area contributed by atoms with Crippen LogP contribution in [-0.2, 0) is 14.3 Å². The van der Waals surface area contributed by atoms with E-state index in [2.05, 4.69) is 5.32 Å². The van der Waals surface area contributed by atoms with Gasteiger partial charge in [-0.2, -0.15) is 0 Å². The van der Waals surface area contributed by atoms with Crippen LogP contribution < -0.4 is 11.1 Å². The molecule has 1 rings (SSSR count). The molecule has 21 heavy (non-hydrogen) atoms. The number of halogens is 1. The fourth-order valence-corrected chi connectivity index (χ4v) is 1.90. The summed E-state index contributed by atoms with van der Waals surface area (Å²) in [6.07, 6.45) is -3.38. The number of carbonyl (C=O) groups excluding carboxylic acids is 1. The van der Waals surface area contributed by atoms with E-state index in [4.69, 9.17) is 20.7 Å². The number of amides is 1. The van der Waals surface area contributed by atoms with Crippen molar-refractivity contribution in [3.05, 3.63) is 11.8 Å². The highest BCUT2D eigenvalue weighted by atomic mass is 35.5. The van der Waals surface area contributed by atoms with Gasteiger partial charge in [0.2, 0.25) is 11.7 Å². The molecule has 0 spiro atoms. The molecule has 0 unspecified atom stereocenters. The number of hydrogen-bond donors (Lipinski definition) is 6. The summed E-state index contributed by atoms with van der Waals surface area (Å²) >= 11 is 0. The molecule has 7 N–H and O–H groups in total. The van der Waals surface area contributed by atoms with Crippen LogP contribution in [-0.4, -0.2) is 69.3 Å². The quantitative estimate of drug-likeness (QED) is 0.318. The topological polar surface area (TPSA) is 162 Å². The number of carboxylic acids is 1. The maximum Gasteiger partial charge on any atom is 0.370 e. The Labute approximate surface area is 126 Å². The number of aliphatic hydroxyl groups excluding tert-OH is 3. The van der Waals surface area contributed by atoms with Crippen molar-refractivity contribution in [1.82, 2.24) is 5.32 Å². The summed E-state index contributed by atoms with van der Waals surface area (Å²) in [7, 11) is 0. The van der Waals surface area contributed by atoms with Crippen molar-refractivity contribution >= 4 is 24.3 Å². The Kier molecular flexibility index (Phi) is 7.61. The number of aliphatic hydroxyl groups is 3. The molecule has 1 heterocycles. The summed E-state index contributed by atoms with van der Waals surface area (Å²) in [5.41, 5.74) is 5.74. The monoisotopic (exact) mass is 326 g/mol. The van der Waals surface area contributed by atoms with E-state index in [9.17, 15) is 19.8 Å². The molecular weight excluding hydrogens is 308 g/mol. The van der Waals surface area contributed by atoms with Crippen LogP contribution in [0.25, 0.3) is 0 Å². The van der Waals surface area contributed by atoms with Gasteiger partial charge in [-0.05, 0) is 6.08 Å². The van der Waals surface area contributed by atoms with Gasteiger partial charge in [-0.15, -0.1) is 12.4 Å². The smallest absolute Gasteiger partial charge is 0.370 e. The Balaban J connectivity index is 0.00000400. The normalized spacial score (nSPS) is 27.5. The lowest BCUT2D eigenvalue weighted by molar-refractivity contribution is -0.145. The van der Waals surface area contributed by atoms with Gasteiger partial charge < -0.3 is 36.2 Å². The summed E-state index contributed by atoms with van der Waals surface area (Å²) in [6.45, 7) is 0.463. The first-order valence-electron chi connectivity index (χ1n) is 5.89. The first-order chi connectivity index (χ1) is 9.27. The number of hydrogen-bond acceptors (Lipinski definition) is 7. The second kappa shape index (κ2) is 8.15. The lowest BCUT2D eigenvalue weighted by Gasteiger charge is -2.38. The summed E-state index contributed by atoms with van der Waals surface area (Å²) in [5, 5.41) is 39.5. The van der Waals surface area contributed by atoms with Crippen molar-refractivity contribution in [2.45, 2.75) is 37.3 Å². The fraction of sp³-hybridized carbons (Fsp3) is 0.636. The lowest BCUT2D eigenvalue weighted by Crippen LogP contribution is -2.62. The molecule has 0 bridgehead atoms. The van der Waals surface area contributed by atoms with E-state index in [0.717, 1.165) is 6.08 Å². The molecule has 122 valence electrons. The molecule has 0 fully saturated rings. The molecule has 0 radical (unpaired) electrons. The number of nitrogens with two attached hydrogens (primary N) is 1. The SMILES string of the molecule is CC(=O)N[C@H]1[C@H]([C@H](O)[C@H](O)CO)OC(C(=O)O)=C[C@@H]1N.Cl. The van der Waals surface area contributed by atoms with E-state index >= 15 is 0 Å². The summed E-state index contributed by atoms with van der Waals surface area (Å²) in [5.74, 6) is -2.34. The molecule has 0 saturated carbocycles. The number of ether oxygens (including phenoxy) is 1. The third-order valence-electron chi connectivity index (χ3n) is 2.87. The molecule has 10 heteroatoms. The maximum absolute atomic E-state index is 11.1. The zero-order valence-electron chi connectivity index (χ0n) is 11.2. The Hall–Kier alpha value is -1.39. The zero-order chi connectivity index (χ0) is 15.4. The predicted molar refractivity (Wildman–Crippen MR) is 72.5 cm³/mol. The molecular formula is C11H19ClN2O7. The molecule has 1 aliphatic heterocycles. The van der Waals surface area contributed by atoms with Gasteiger partial charge in [0.1, 0.15) is 18.3 Å². The third-order valence-corrected chi connectivity index (χ3v) is 2.87. The second-order valence-corrected chi connectivity index (χ2v) is 4.46. The van der Waals surface area contributed by atoms with Crippen LogP contribution >= 0.6 is 12.4 Å². The van der Waals surface area contributed by atoms with Crippen molar-refractivity contribution in [2.24, 2.45) is 5.73 Å². The molecule has 0 saturated heterocycles. The Morgan fingerprint density at radius 3 is 2.48 bits per heavy atom. The molecule has 5 atom stereocenters. The van der Waals surface area contributed by atoms with Crippen LogP contribution in [0.5, 0.6) is 0 Å². The Bertz CT molecular complexity index is 417. The van der Waals surface area contributed by atoms with Gasteiger partial charge in [0.05, 0.1) is 18.7 Å². The Morgan fingerprint density at radius 1 is 1.48 bits per heavy atom. The largest absolute Gasteiger partial charge is 0.478 e. The van der Waals surface area contributed by atoms with Crippen LogP contribution in [0, 0.1) is 0 Å². The zero-order valence-corrected chi connectivity index (χ0v) is 12.0. The average molecular weight is 327 g/mol. The molecule has 0 aromatic rings. The van der Waals surface area contributed by atoms with E-state index in [0.29, 0.717) is 0 Å². The second-order valence-electron chi connectivity index (χ2n) is 4.46. The van der Waals surface area contributed by atoms with Gasteiger partial charge in [0, 0.05) is 6.92 Å². The van der Waals surface area contributed by atoms with Gasteiger partial charge in [0.15, 0.2) is 0 Å². The highest BCUT2D eigenvalue weighted by Gasteiger charge is 2.42. The van der Waals surface area contributed by atoms with Crippen LogP contribution in [0.15, 0.2) is 11.8 Å². The van der Waals surface area contributed by atoms with E-state index in [1.54, 1.807) is 0 Å². The van der Waals surface area contributed by atoms with Gasteiger partial charge in [0.25, 0.3) is 0 Å². The molecule has 0 aliphatic carbocycles. The first kappa shape index (κ1) is 19.6. The minimum atomic E-state index is -1.62. The molecule has 0 aromatic carbocycles. The van der Waals surface area contributed by atoms with E-state index < -0.39 is 54.6 Å². The van der Waals surface area contributed by atoms with E-state index in [-0.39, 0.29) is 12.4 Å². The number of carboxylic acid groups (broad SMARTS) is 1. The Morgan fingerprint density at radius 2 is 2.05 bits per heavy atom. The minimum absolute atomic E-state index is 0. The van der Waals surface area contributed by atoms with Gasteiger partial charge in [-0.25, -0.2) is 4.79 Å². The van der Waals surface area contributed by atoms with Crippen LogP contribution in [0.3, 0.4) is 0 Å². The van der Waals surface area contributed by atoms with E-state index in [1.165, 1.54) is 6.92 Å². The van der Waals surface area contributed by atoms with E-state index in [1.807, 2.05) is 0 Å². The minimum Gasteiger partial charge on any atom is -0.478 e. The number of aliphatic carboxylic acids is 1. The molecule has 0 aromatic heterocycles. The van der Waals surface area contributed by atoms with Crippen molar-refractivity contribution in [2.75, 3.05) is 6.61 Å². The van der Waals surface area contributed by atoms with Gasteiger partial charge in [-0.3, -0.25) is 4.79 Å². The molecule has 1 aliphatic rings. The highest BCUT2D eigenvalue weighted by Crippen LogP contribution is 2.21. The number of rotatable bonds is 5. The molecule has 1 amide bonds. The average Bonchev–Trinajstić information content (AvgIpc) is 2.38. The van der Waals surface area contributed by atoms with Crippen molar-refractivity contribution in [3.63, 3.8) is 0 Å². The van der Waals surface area contributed by atoms with Crippen LogP contribution in [0.2, 0.25) is 0 Å². The van der Waals surface area contributed by atoms with Crippen molar-refractivity contribution in [1.29, 1.82) is 0 Å². The number of carbonyl (C=O) groups is 2. The summed E-state index contributed by atoms with van der Waals surface area (Å²) in [6, 6.07) is -1.86. The summed E-state index contributed by atoms with van der Waals surface area (Å²) < 4.78 is 5.06.